The van der Waals surface area contributed by atoms with Crippen molar-refractivity contribution >= 4 is 33.3 Å². The van der Waals surface area contributed by atoms with Gasteiger partial charge in [0.25, 0.3) is 5.56 Å². The van der Waals surface area contributed by atoms with Crippen molar-refractivity contribution in [2.24, 2.45) is 0 Å². The van der Waals surface area contributed by atoms with Gasteiger partial charge in [0.2, 0.25) is 0 Å². The quantitative estimate of drug-likeness (QED) is 0.448. The first-order valence-electron chi connectivity index (χ1n) is 9.44. The molecule has 0 radical (unpaired) electrons. The third-order valence-electron chi connectivity index (χ3n) is 4.79. The SMILES string of the molecule is CCn1c(SCC(O)CN(C)Cc2ccccc2)nc2sc(C)c(C)c2c1=O. The molecule has 3 aromatic rings. The number of nitrogens with zero attached hydrogens (tertiary/aromatic N) is 3. The number of aromatic nitrogens is 2. The Morgan fingerprint density at radius 2 is 2.00 bits per heavy atom. The molecule has 0 aliphatic carbocycles. The van der Waals surface area contributed by atoms with Gasteiger partial charge in [0.1, 0.15) is 4.83 Å². The smallest absolute Gasteiger partial charge is 0.263 e. The first-order chi connectivity index (χ1) is 13.4. The number of aliphatic hydroxyl groups is 1. The summed E-state index contributed by atoms with van der Waals surface area (Å²) in [6.45, 7) is 7.89. The molecule has 7 heteroatoms. The number of fused-ring (bicyclic) bond motifs is 1. The van der Waals surface area contributed by atoms with Gasteiger partial charge in [0.15, 0.2) is 5.16 Å². The van der Waals surface area contributed by atoms with Gasteiger partial charge in [-0.25, -0.2) is 4.98 Å². The predicted octanol–water partition coefficient (Wildman–Crippen LogP) is 3.68. The van der Waals surface area contributed by atoms with Crippen molar-refractivity contribution in [1.82, 2.24) is 14.5 Å². The van der Waals surface area contributed by atoms with Crippen LogP contribution in [0.3, 0.4) is 0 Å². The topological polar surface area (TPSA) is 58.4 Å². The molecule has 3 rings (SSSR count). The largest absolute Gasteiger partial charge is 0.391 e. The lowest BCUT2D eigenvalue weighted by Crippen LogP contribution is -2.30. The maximum atomic E-state index is 12.9. The summed E-state index contributed by atoms with van der Waals surface area (Å²) in [5, 5.41) is 11.9. The molecular weight excluding hydrogens is 390 g/mol. The number of rotatable bonds is 8. The summed E-state index contributed by atoms with van der Waals surface area (Å²) in [7, 11) is 2.00. The third kappa shape index (κ3) is 4.66. The summed E-state index contributed by atoms with van der Waals surface area (Å²) in [5.41, 5.74) is 2.27. The van der Waals surface area contributed by atoms with Gasteiger partial charge < -0.3 is 5.11 Å². The van der Waals surface area contributed by atoms with Gasteiger partial charge in [-0.05, 0) is 38.9 Å². The highest BCUT2D eigenvalue weighted by atomic mass is 32.2. The molecule has 0 saturated carbocycles. The van der Waals surface area contributed by atoms with Crippen LogP contribution in [-0.4, -0.2) is 45.0 Å². The van der Waals surface area contributed by atoms with Gasteiger partial charge in [-0.2, -0.15) is 0 Å². The Morgan fingerprint density at radius 1 is 1.29 bits per heavy atom. The average Bonchev–Trinajstić information content (AvgIpc) is 2.95. The van der Waals surface area contributed by atoms with Gasteiger partial charge in [-0.1, -0.05) is 42.1 Å². The van der Waals surface area contributed by atoms with Crippen molar-refractivity contribution < 1.29 is 5.11 Å². The minimum absolute atomic E-state index is 0.0209. The molecule has 0 amide bonds. The van der Waals surface area contributed by atoms with Crippen molar-refractivity contribution in [3.05, 3.63) is 56.7 Å². The maximum absolute atomic E-state index is 12.9. The van der Waals surface area contributed by atoms with Crippen LogP contribution < -0.4 is 5.56 Å². The molecule has 28 heavy (non-hydrogen) atoms. The van der Waals surface area contributed by atoms with Crippen molar-refractivity contribution in [2.45, 2.75) is 45.1 Å². The predicted molar refractivity (Wildman–Crippen MR) is 119 cm³/mol. The number of hydrogen-bond acceptors (Lipinski definition) is 6. The monoisotopic (exact) mass is 417 g/mol. The lowest BCUT2D eigenvalue weighted by atomic mass is 10.2. The van der Waals surface area contributed by atoms with E-state index in [1.165, 1.54) is 17.3 Å². The van der Waals surface area contributed by atoms with Crippen LogP contribution >= 0.6 is 23.1 Å². The number of thioether (sulfide) groups is 1. The molecule has 5 nitrogen and oxygen atoms in total. The summed E-state index contributed by atoms with van der Waals surface area (Å²) in [5.74, 6) is 0.500. The van der Waals surface area contributed by atoms with Crippen LogP contribution in [0, 0.1) is 13.8 Å². The highest BCUT2D eigenvalue weighted by Gasteiger charge is 2.17. The summed E-state index contributed by atoms with van der Waals surface area (Å²) in [4.78, 5) is 21.6. The Morgan fingerprint density at radius 3 is 2.68 bits per heavy atom. The van der Waals surface area contributed by atoms with E-state index >= 15 is 0 Å². The van der Waals surface area contributed by atoms with E-state index in [4.69, 9.17) is 4.98 Å². The first-order valence-corrected chi connectivity index (χ1v) is 11.2. The second-order valence-electron chi connectivity index (χ2n) is 7.05. The number of hydrogen-bond donors (Lipinski definition) is 1. The van der Waals surface area contributed by atoms with Crippen LogP contribution in [0.1, 0.15) is 22.9 Å². The zero-order valence-electron chi connectivity index (χ0n) is 16.8. The van der Waals surface area contributed by atoms with Crippen LogP contribution in [0.2, 0.25) is 0 Å². The van der Waals surface area contributed by atoms with Crippen LogP contribution in [0.5, 0.6) is 0 Å². The van der Waals surface area contributed by atoms with E-state index in [9.17, 15) is 9.90 Å². The highest BCUT2D eigenvalue weighted by Crippen LogP contribution is 2.28. The van der Waals surface area contributed by atoms with E-state index in [2.05, 4.69) is 17.0 Å². The Bertz CT molecular complexity index is 998. The maximum Gasteiger partial charge on any atom is 0.263 e. The molecule has 0 saturated heterocycles. The lowest BCUT2D eigenvalue weighted by Gasteiger charge is -2.20. The van der Waals surface area contributed by atoms with E-state index < -0.39 is 6.10 Å². The lowest BCUT2D eigenvalue weighted by molar-refractivity contribution is 0.142. The minimum Gasteiger partial charge on any atom is -0.391 e. The summed E-state index contributed by atoms with van der Waals surface area (Å²) in [6.07, 6.45) is -0.497. The van der Waals surface area contributed by atoms with Crippen molar-refractivity contribution in [2.75, 3.05) is 19.3 Å². The van der Waals surface area contributed by atoms with E-state index in [0.29, 0.717) is 24.0 Å². The Hall–Kier alpha value is -1.67. The number of aryl methyl sites for hydroxylation is 2. The molecule has 0 aliphatic rings. The molecule has 0 bridgehead atoms. The van der Waals surface area contributed by atoms with Crippen molar-refractivity contribution in [3.8, 4) is 0 Å². The fourth-order valence-electron chi connectivity index (χ4n) is 3.24. The van der Waals surface area contributed by atoms with E-state index in [0.717, 1.165) is 27.2 Å². The normalized spacial score (nSPS) is 12.8. The molecule has 1 unspecified atom stereocenters. The Balaban J connectivity index is 1.68. The Kier molecular flexibility index (Phi) is 6.93. The molecule has 150 valence electrons. The summed E-state index contributed by atoms with van der Waals surface area (Å²) < 4.78 is 1.71. The first kappa shape index (κ1) is 21.0. The highest BCUT2D eigenvalue weighted by molar-refractivity contribution is 7.99. The van der Waals surface area contributed by atoms with E-state index in [1.807, 2.05) is 46.0 Å². The molecule has 0 spiro atoms. The van der Waals surface area contributed by atoms with Crippen LogP contribution in [0.25, 0.3) is 10.2 Å². The molecule has 1 N–H and O–H groups in total. The minimum atomic E-state index is -0.497. The van der Waals surface area contributed by atoms with Crippen molar-refractivity contribution in [1.29, 1.82) is 0 Å². The fourth-order valence-corrected chi connectivity index (χ4v) is 5.29. The van der Waals surface area contributed by atoms with E-state index in [1.54, 1.807) is 15.9 Å². The second-order valence-corrected chi connectivity index (χ2v) is 9.24. The van der Waals surface area contributed by atoms with Gasteiger partial charge >= 0.3 is 0 Å². The van der Waals surface area contributed by atoms with Crippen LogP contribution in [0.15, 0.2) is 40.3 Å². The molecular formula is C21H27N3O2S2. The average molecular weight is 418 g/mol. The van der Waals surface area contributed by atoms with Gasteiger partial charge in [-0.15, -0.1) is 11.3 Å². The van der Waals surface area contributed by atoms with Gasteiger partial charge in [0, 0.05) is 30.3 Å². The summed E-state index contributed by atoms with van der Waals surface area (Å²) in [6, 6.07) is 10.2. The van der Waals surface area contributed by atoms with Crippen LogP contribution in [-0.2, 0) is 13.1 Å². The zero-order chi connectivity index (χ0) is 20.3. The number of thiophene rings is 1. The molecule has 1 atom stereocenters. The standard InChI is InChI=1S/C21H27N3O2S2/c1-5-24-20(26)18-14(2)15(3)28-19(18)22-21(24)27-13-17(25)12-23(4)11-16-9-7-6-8-10-16/h6-10,17,25H,5,11-13H2,1-4H3. The Labute approximate surface area is 174 Å². The summed E-state index contributed by atoms with van der Waals surface area (Å²) >= 11 is 3.02. The zero-order valence-corrected chi connectivity index (χ0v) is 18.4. The molecule has 2 heterocycles. The second kappa shape index (κ2) is 9.22. The number of aliphatic hydroxyl groups excluding tert-OH is 1. The third-order valence-corrected chi connectivity index (χ3v) is 7.02. The van der Waals surface area contributed by atoms with E-state index in [-0.39, 0.29) is 5.56 Å². The van der Waals surface area contributed by atoms with Crippen LogP contribution in [0.4, 0.5) is 0 Å². The molecule has 0 fully saturated rings. The van der Waals surface area contributed by atoms with Gasteiger partial charge in [0.05, 0.1) is 11.5 Å². The molecule has 1 aromatic carbocycles. The van der Waals surface area contributed by atoms with Gasteiger partial charge in [-0.3, -0.25) is 14.3 Å². The molecule has 0 aliphatic heterocycles. The van der Waals surface area contributed by atoms with Crippen molar-refractivity contribution in [3.63, 3.8) is 0 Å². The number of likely N-dealkylation sites (N-methyl/N-ethyl adjacent to an activating group) is 1. The fraction of sp³-hybridized carbons (Fsp3) is 0.429. The molecule has 2 aromatic heterocycles. The number of benzene rings is 1.